The predicted molar refractivity (Wildman–Crippen MR) is 69.9 cm³/mol. The van der Waals surface area contributed by atoms with Crippen LogP contribution >= 0.6 is 11.6 Å². The highest BCUT2D eigenvalue weighted by atomic mass is 35.5. The Hall–Kier alpha value is -0.740. The average Bonchev–Trinajstić information content (AvgIpc) is 2.38. The van der Waals surface area contributed by atoms with Gasteiger partial charge >= 0.3 is 6.18 Å². The van der Waals surface area contributed by atoms with E-state index in [1.165, 1.54) is 0 Å². The molecule has 3 atom stereocenters. The van der Waals surface area contributed by atoms with E-state index in [-0.39, 0.29) is 24.8 Å². The summed E-state index contributed by atoms with van der Waals surface area (Å²) in [4.78, 5) is 0. The van der Waals surface area contributed by atoms with Crippen LogP contribution in [-0.4, -0.2) is 6.18 Å². The molecule has 0 bridgehead atoms. The van der Waals surface area contributed by atoms with Gasteiger partial charge in [-0.3, -0.25) is 0 Å². The van der Waals surface area contributed by atoms with Gasteiger partial charge < -0.3 is 5.73 Å². The Morgan fingerprint density at radius 2 is 1.79 bits per heavy atom. The monoisotopic (exact) mass is 291 g/mol. The Kier molecular flexibility index (Phi) is 4.41. The molecule has 0 saturated heterocycles. The summed E-state index contributed by atoms with van der Waals surface area (Å²) in [6, 6.07) is 6.69. The summed E-state index contributed by atoms with van der Waals surface area (Å²) in [5, 5.41) is 0.604. The first-order chi connectivity index (χ1) is 8.88. The van der Waals surface area contributed by atoms with Crippen molar-refractivity contribution in [2.75, 3.05) is 0 Å². The molecule has 1 saturated carbocycles. The Morgan fingerprint density at radius 3 is 2.37 bits per heavy atom. The third kappa shape index (κ3) is 3.63. The molecular weight excluding hydrogens is 275 g/mol. The Morgan fingerprint density at radius 1 is 1.16 bits per heavy atom. The second kappa shape index (κ2) is 5.71. The third-order valence-electron chi connectivity index (χ3n) is 3.94. The molecule has 0 radical (unpaired) electrons. The maximum atomic E-state index is 12.8. The summed E-state index contributed by atoms with van der Waals surface area (Å²) in [7, 11) is 0. The number of rotatable bonds is 2. The van der Waals surface area contributed by atoms with Gasteiger partial charge in [0, 0.05) is 11.1 Å². The highest BCUT2D eigenvalue weighted by Crippen LogP contribution is 2.43. The molecule has 5 heteroatoms. The van der Waals surface area contributed by atoms with Crippen molar-refractivity contribution >= 4 is 11.6 Å². The number of hydrogen-bond acceptors (Lipinski definition) is 1. The normalized spacial score (nSPS) is 26.2. The van der Waals surface area contributed by atoms with Crippen molar-refractivity contribution in [3.8, 4) is 0 Å². The van der Waals surface area contributed by atoms with Gasteiger partial charge in [-0.1, -0.05) is 30.2 Å². The van der Waals surface area contributed by atoms with E-state index in [0.29, 0.717) is 11.4 Å². The smallest absolute Gasteiger partial charge is 0.324 e. The molecule has 0 aromatic heterocycles. The Bertz CT molecular complexity index is 416. The Labute approximate surface area is 115 Å². The lowest BCUT2D eigenvalue weighted by molar-refractivity contribution is -0.186. The molecule has 19 heavy (non-hydrogen) atoms. The van der Waals surface area contributed by atoms with E-state index in [0.717, 1.165) is 12.0 Å². The van der Waals surface area contributed by atoms with Crippen LogP contribution in [0.3, 0.4) is 0 Å². The van der Waals surface area contributed by atoms with Crippen LogP contribution in [0.25, 0.3) is 0 Å². The molecule has 0 aliphatic heterocycles. The van der Waals surface area contributed by atoms with E-state index in [9.17, 15) is 13.2 Å². The molecule has 2 rings (SSSR count). The minimum atomic E-state index is -4.10. The summed E-state index contributed by atoms with van der Waals surface area (Å²) in [6.45, 7) is 0. The molecule has 1 nitrogen and oxygen atoms in total. The average molecular weight is 292 g/mol. The van der Waals surface area contributed by atoms with Gasteiger partial charge in [0.15, 0.2) is 0 Å². The third-order valence-corrected chi connectivity index (χ3v) is 4.19. The summed E-state index contributed by atoms with van der Waals surface area (Å²) in [5.74, 6) is -1.31. The van der Waals surface area contributed by atoms with Gasteiger partial charge in [0.2, 0.25) is 0 Å². The van der Waals surface area contributed by atoms with Gasteiger partial charge in [0.1, 0.15) is 0 Å². The maximum Gasteiger partial charge on any atom is 0.391 e. The fraction of sp³-hybridized carbons (Fsp3) is 0.571. The number of benzene rings is 1. The van der Waals surface area contributed by atoms with Crippen LogP contribution in [-0.2, 0) is 0 Å². The van der Waals surface area contributed by atoms with Gasteiger partial charge in [-0.2, -0.15) is 13.2 Å². The molecule has 3 unspecified atom stereocenters. The highest BCUT2D eigenvalue weighted by Gasteiger charge is 2.43. The zero-order chi connectivity index (χ0) is 14.0. The first-order valence-corrected chi connectivity index (χ1v) is 6.83. The minimum Gasteiger partial charge on any atom is -0.324 e. The van der Waals surface area contributed by atoms with E-state index >= 15 is 0 Å². The summed E-state index contributed by atoms with van der Waals surface area (Å²) < 4.78 is 38.3. The van der Waals surface area contributed by atoms with Gasteiger partial charge in [0.05, 0.1) is 5.92 Å². The van der Waals surface area contributed by atoms with Crippen LogP contribution in [0.5, 0.6) is 0 Å². The number of alkyl halides is 3. The number of halogens is 4. The van der Waals surface area contributed by atoms with Crippen molar-refractivity contribution in [2.45, 2.75) is 37.9 Å². The van der Waals surface area contributed by atoms with Gasteiger partial charge in [-0.25, -0.2) is 0 Å². The quantitative estimate of drug-likeness (QED) is 0.839. The van der Waals surface area contributed by atoms with Gasteiger partial charge in [0.25, 0.3) is 0 Å². The molecule has 0 spiro atoms. The largest absolute Gasteiger partial charge is 0.391 e. The predicted octanol–water partition coefficient (Wildman–Crippen LogP) is 4.71. The second-order valence-electron chi connectivity index (χ2n) is 5.24. The molecule has 1 aliphatic carbocycles. The highest BCUT2D eigenvalue weighted by molar-refractivity contribution is 6.30. The minimum absolute atomic E-state index is 0.110. The van der Waals surface area contributed by atoms with Crippen LogP contribution in [0.2, 0.25) is 5.02 Å². The van der Waals surface area contributed by atoms with Gasteiger partial charge in [-0.05, 0) is 42.9 Å². The fourth-order valence-corrected chi connectivity index (χ4v) is 2.93. The lowest BCUT2D eigenvalue weighted by atomic mass is 9.76. The molecular formula is C14H17ClF3N. The molecule has 0 heterocycles. The van der Waals surface area contributed by atoms with Crippen molar-refractivity contribution in [3.63, 3.8) is 0 Å². The first-order valence-electron chi connectivity index (χ1n) is 6.45. The van der Waals surface area contributed by atoms with Crippen LogP contribution in [0.1, 0.15) is 37.3 Å². The van der Waals surface area contributed by atoms with Crippen molar-refractivity contribution in [2.24, 2.45) is 17.6 Å². The molecule has 1 aliphatic rings. The van der Waals surface area contributed by atoms with Crippen LogP contribution in [0.15, 0.2) is 24.3 Å². The fourth-order valence-electron chi connectivity index (χ4n) is 2.81. The summed E-state index contributed by atoms with van der Waals surface area (Å²) in [5.41, 5.74) is 6.97. The molecule has 2 N–H and O–H groups in total. The van der Waals surface area contributed by atoms with E-state index in [1.54, 1.807) is 24.3 Å². The molecule has 1 fully saturated rings. The zero-order valence-corrected chi connectivity index (χ0v) is 11.2. The van der Waals surface area contributed by atoms with Crippen molar-refractivity contribution in [1.82, 2.24) is 0 Å². The molecule has 106 valence electrons. The first kappa shape index (κ1) is 14.7. The van der Waals surface area contributed by atoms with E-state index < -0.39 is 12.1 Å². The summed E-state index contributed by atoms with van der Waals surface area (Å²) >= 11 is 5.80. The molecule has 1 aromatic carbocycles. The molecule has 0 amide bonds. The summed E-state index contributed by atoms with van der Waals surface area (Å²) in [6.07, 6.45) is -2.38. The van der Waals surface area contributed by atoms with E-state index in [1.807, 2.05) is 0 Å². The number of nitrogens with two attached hydrogens (primary N) is 1. The topological polar surface area (TPSA) is 26.0 Å². The number of hydrogen-bond donors (Lipinski definition) is 1. The van der Waals surface area contributed by atoms with Crippen molar-refractivity contribution in [3.05, 3.63) is 34.9 Å². The van der Waals surface area contributed by atoms with Crippen LogP contribution in [0, 0.1) is 11.8 Å². The molecule has 1 aromatic rings. The lowest BCUT2D eigenvalue weighted by Gasteiger charge is -2.34. The van der Waals surface area contributed by atoms with Gasteiger partial charge in [-0.15, -0.1) is 0 Å². The van der Waals surface area contributed by atoms with E-state index in [2.05, 4.69) is 0 Å². The van der Waals surface area contributed by atoms with Crippen molar-refractivity contribution < 1.29 is 13.2 Å². The Balaban J connectivity index is 2.06. The zero-order valence-electron chi connectivity index (χ0n) is 10.5. The maximum absolute atomic E-state index is 12.8. The second-order valence-corrected chi connectivity index (χ2v) is 5.68. The van der Waals surface area contributed by atoms with Crippen LogP contribution < -0.4 is 5.73 Å². The van der Waals surface area contributed by atoms with E-state index in [4.69, 9.17) is 17.3 Å². The SMILES string of the molecule is NC(c1ccc(Cl)cc1)C1CCCC(C(F)(F)F)C1. The van der Waals surface area contributed by atoms with Crippen molar-refractivity contribution in [1.29, 1.82) is 0 Å². The standard InChI is InChI=1S/C14H17ClF3N/c15-12-6-4-9(5-7-12)13(19)10-2-1-3-11(8-10)14(16,17)18/h4-7,10-11,13H,1-3,8,19H2. The van der Waals surface area contributed by atoms with Crippen LogP contribution in [0.4, 0.5) is 13.2 Å². The lowest BCUT2D eigenvalue weighted by Crippen LogP contribution is -2.33.